The van der Waals surface area contributed by atoms with Crippen LogP contribution in [-0.2, 0) is 13.6 Å². The summed E-state index contributed by atoms with van der Waals surface area (Å²) >= 11 is 0. The van der Waals surface area contributed by atoms with Crippen molar-refractivity contribution < 1.29 is 0 Å². The van der Waals surface area contributed by atoms with Crippen LogP contribution in [0.4, 0.5) is 5.69 Å². The van der Waals surface area contributed by atoms with E-state index < -0.39 is 0 Å². The van der Waals surface area contributed by atoms with Crippen LogP contribution in [0.2, 0.25) is 0 Å². The number of hydrogen-bond donors (Lipinski definition) is 0. The van der Waals surface area contributed by atoms with Crippen LogP contribution in [0.3, 0.4) is 0 Å². The second-order valence-corrected chi connectivity index (χ2v) is 6.58. The van der Waals surface area contributed by atoms with Crippen molar-refractivity contribution in [3.63, 3.8) is 0 Å². The number of hydrogen-bond acceptors (Lipinski definition) is 4. The van der Waals surface area contributed by atoms with E-state index in [0.29, 0.717) is 0 Å². The molecular formula is C20H22N4O. The van der Waals surface area contributed by atoms with E-state index in [1.54, 1.807) is 19.3 Å². The van der Waals surface area contributed by atoms with Gasteiger partial charge in [0, 0.05) is 45.8 Å². The Kier molecular flexibility index (Phi) is 4.24. The highest BCUT2D eigenvalue weighted by molar-refractivity contribution is 5.85. The monoisotopic (exact) mass is 334 g/mol. The van der Waals surface area contributed by atoms with E-state index in [1.165, 1.54) is 21.0 Å². The molecule has 1 aliphatic heterocycles. The van der Waals surface area contributed by atoms with Gasteiger partial charge in [0.15, 0.2) is 0 Å². The Bertz CT molecular complexity index is 936. The normalized spacial score (nSPS) is 15.6. The Morgan fingerprint density at radius 1 is 1.00 bits per heavy atom. The van der Waals surface area contributed by atoms with Gasteiger partial charge in [-0.3, -0.25) is 9.69 Å². The molecule has 128 valence electrons. The summed E-state index contributed by atoms with van der Waals surface area (Å²) in [4.78, 5) is 16.5. The SMILES string of the molecule is Cn1ncc(N2CCN(Cc3cccc4ccccc34)CC2)cc1=O. The zero-order valence-electron chi connectivity index (χ0n) is 14.4. The molecule has 0 spiro atoms. The minimum absolute atomic E-state index is 0.0596. The molecule has 0 amide bonds. The van der Waals surface area contributed by atoms with Crippen molar-refractivity contribution in [2.24, 2.45) is 7.05 Å². The number of benzene rings is 2. The molecule has 4 rings (SSSR count). The Hall–Kier alpha value is -2.66. The van der Waals surface area contributed by atoms with Gasteiger partial charge in [0.2, 0.25) is 0 Å². The Morgan fingerprint density at radius 2 is 1.76 bits per heavy atom. The van der Waals surface area contributed by atoms with Crippen LogP contribution in [-0.4, -0.2) is 40.9 Å². The van der Waals surface area contributed by atoms with Gasteiger partial charge in [-0.1, -0.05) is 42.5 Å². The maximum atomic E-state index is 11.8. The van der Waals surface area contributed by atoms with E-state index in [4.69, 9.17) is 0 Å². The van der Waals surface area contributed by atoms with Gasteiger partial charge in [-0.25, -0.2) is 4.68 Å². The van der Waals surface area contributed by atoms with Crippen LogP contribution >= 0.6 is 0 Å². The average Bonchev–Trinajstić information content (AvgIpc) is 2.65. The molecule has 0 radical (unpaired) electrons. The number of piperazine rings is 1. The van der Waals surface area contributed by atoms with Crippen LogP contribution in [0.15, 0.2) is 59.5 Å². The summed E-state index contributed by atoms with van der Waals surface area (Å²) in [7, 11) is 1.67. The lowest BCUT2D eigenvalue weighted by Gasteiger charge is -2.36. The van der Waals surface area contributed by atoms with E-state index in [-0.39, 0.29) is 5.56 Å². The predicted octanol–water partition coefficient (Wildman–Crippen LogP) is 2.26. The minimum atomic E-state index is -0.0596. The average molecular weight is 334 g/mol. The summed E-state index contributed by atoms with van der Waals surface area (Å²) in [5.74, 6) is 0. The van der Waals surface area contributed by atoms with Gasteiger partial charge in [-0.15, -0.1) is 0 Å². The molecule has 2 aromatic carbocycles. The van der Waals surface area contributed by atoms with Gasteiger partial charge in [-0.2, -0.15) is 5.10 Å². The minimum Gasteiger partial charge on any atom is -0.368 e. The van der Waals surface area contributed by atoms with Gasteiger partial charge in [0.1, 0.15) is 0 Å². The van der Waals surface area contributed by atoms with Gasteiger partial charge in [0.25, 0.3) is 5.56 Å². The molecule has 0 unspecified atom stereocenters. The van der Waals surface area contributed by atoms with Crippen LogP contribution in [0.5, 0.6) is 0 Å². The van der Waals surface area contributed by atoms with Gasteiger partial charge in [-0.05, 0) is 16.3 Å². The molecule has 5 heteroatoms. The Balaban J connectivity index is 1.45. The molecule has 25 heavy (non-hydrogen) atoms. The fourth-order valence-corrected chi connectivity index (χ4v) is 3.47. The molecule has 0 atom stereocenters. The first-order chi connectivity index (χ1) is 12.2. The number of fused-ring (bicyclic) bond motifs is 1. The van der Waals surface area contributed by atoms with Crippen molar-refractivity contribution in [3.8, 4) is 0 Å². The third-order valence-electron chi connectivity index (χ3n) is 4.96. The number of nitrogens with zero attached hydrogens (tertiary/aromatic N) is 4. The maximum Gasteiger partial charge on any atom is 0.268 e. The quantitative estimate of drug-likeness (QED) is 0.737. The number of aryl methyl sites for hydroxylation is 1. The molecule has 0 bridgehead atoms. The Labute approximate surface area is 147 Å². The summed E-state index contributed by atoms with van der Waals surface area (Å²) < 4.78 is 1.36. The van der Waals surface area contributed by atoms with E-state index >= 15 is 0 Å². The molecule has 0 aliphatic carbocycles. The topological polar surface area (TPSA) is 41.4 Å². The van der Waals surface area contributed by atoms with E-state index in [1.807, 2.05) is 0 Å². The molecular weight excluding hydrogens is 312 g/mol. The van der Waals surface area contributed by atoms with Crippen LogP contribution in [0.25, 0.3) is 10.8 Å². The molecule has 1 saturated heterocycles. The van der Waals surface area contributed by atoms with Crippen molar-refractivity contribution >= 4 is 16.5 Å². The molecule has 1 aromatic heterocycles. The summed E-state index contributed by atoms with van der Waals surface area (Å²) in [6.07, 6.45) is 1.78. The zero-order chi connectivity index (χ0) is 17.2. The first-order valence-electron chi connectivity index (χ1n) is 8.68. The summed E-state index contributed by atoms with van der Waals surface area (Å²) in [6.45, 7) is 4.76. The zero-order valence-corrected chi connectivity index (χ0v) is 14.4. The fraction of sp³-hybridized carbons (Fsp3) is 0.300. The lowest BCUT2D eigenvalue weighted by molar-refractivity contribution is 0.250. The molecule has 3 aromatic rings. The summed E-state index contributed by atoms with van der Waals surface area (Å²) in [5, 5.41) is 6.76. The molecule has 5 nitrogen and oxygen atoms in total. The van der Waals surface area contributed by atoms with Crippen LogP contribution in [0.1, 0.15) is 5.56 Å². The van der Waals surface area contributed by atoms with Crippen molar-refractivity contribution in [1.82, 2.24) is 14.7 Å². The van der Waals surface area contributed by atoms with Gasteiger partial charge >= 0.3 is 0 Å². The highest BCUT2D eigenvalue weighted by atomic mass is 16.1. The maximum absolute atomic E-state index is 11.8. The van der Waals surface area contributed by atoms with E-state index in [0.717, 1.165) is 38.4 Å². The third kappa shape index (κ3) is 3.28. The first kappa shape index (κ1) is 15.8. The third-order valence-corrected chi connectivity index (χ3v) is 4.96. The Morgan fingerprint density at radius 3 is 2.56 bits per heavy atom. The second kappa shape index (κ2) is 6.69. The van der Waals surface area contributed by atoms with Gasteiger partial charge < -0.3 is 4.90 Å². The van der Waals surface area contributed by atoms with Crippen molar-refractivity contribution in [1.29, 1.82) is 0 Å². The molecule has 0 N–H and O–H groups in total. The fourth-order valence-electron chi connectivity index (χ4n) is 3.47. The van der Waals surface area contributed by atoms with Crippen molar-refractivity contribution in [2.75, 3.05) is 31.1 Å². The molecule has 2 heterocycles. The predicted molar refractivity (Wildman–Crippen MR) is 101 cm³/mol. The van der Waals surface area contributed by atoms with E-state index in [2.05, 4.69) is 57.4 Å². The van der Waals surface area contributed by atoms with Crippen molar-refractivity contribution in [3.05, 3.63) is 70.6 Å². The first-order valence-corrected chi connectivity index (χ1v) is 8.68. The molecule has 0 saturated carbocycles. The van der Waals surface area contributed by atoms with Crippen molar-refractivity contribution in [2.45, 2.75) is 6.54 Å². The van der Waals surface area contributed by atoms with Crippen LogP contribution in [0, 0.1) is 0 Å². The largest absolute Gasteiger partial charge is 0.368 e. The smallest absolute Gasteiger partial charge is 0.268 e. The number of anilines is 1. The number of aromatic nitrogens is 2. The highest BCUT2D eigenvalue weighted by Gasteiger charge is 2.18. The summed E-state index contributed by atoms with van der Waals surface area (Å²) in [5.41, 5.74) is 2.24. The molecule has 1 aliphatic rings. The summed E-state index contributed by atoms with van der Waals surface area (Å²) in [6, 6.07) is 16.8. The second-order valence-electron chi connectivity index (χ2n) is 6.58. The lowest BCUT2D eigenvalue weighted by atomic mass is 10.0. The number of rotatable bonds is 3. The van der Waals surface area contributed by atoms with E-state index in [9.17, 15) is 4.79 Å². The molecule has 1 fully saturated rings. The highest BCUT2D eigenvalue weighted by Crippen LogP contribution is 2.21. The van der Waals surface area contributed by atoms with Gasteiger partial charge in [0.05, 0.1) is 11.9 Å². The lowest BCUT2D eigenvalue weighted by Crippen LogP contribution is -2.46. The van der Waals surface area contributed by atoms with Crippen LogP contribution < -0.4 is 10.5 Å². The standard InChI is InChI=1S/C20H22N4O/c1-22-20(25)13-18(14-21-22)24-11-9-23(10-12-24)15-17-7-4-6-16-5-2-3-8-19(16)17/h2-8,13-14H,9-12,15H2,1H3.